The highest BCUT2D eigenvalue weighted by atomic mass is 35.5. The number of nitrogens with zero attached hydrogens (tertiary/aromatic N) is 2. The van der Waals surface area contributed by atoms with E-state index in [0.717, 1.165) is 16.7 Å². The maximum atomic E-state index is 13.2. The van der Waals surface area contributed by atoms with Crippen molar-refractivity contribution in [3.63, 3.8) is 0 Å². The molecule has 2 aromatic carbocycles. The smallest absolute Gasteiger partial charge is 0.333 e. The van der Waals surface area contributed by atoms with Crippen LogP contribution in [0.5, 0.6) is 0 Å². The molecule has 0 spiro atoms. The zero-order valence-electron chi connectivity index (χ0n) is 15.4. The molecule has 0 radical (unpaired) electrons. The fourth-order valence-corrected chi connectivity index (χ4v) is 3.44. The van der Waals surface area contributed by atoms with Gasteiger partial charge in [-0.25, -0.2) is 13.8 Å². The number of hydrogen-bond donors (Lipinski definition) is 2. The lowest BCUT2D eigenvalue weighted by Gasteiger charge is -2.07. The number of carbonyl (C=O) groups excluding carboxylic acids is 1. The average molecular weight is 447 g/mol. The molecule has 4 aromatic rings. The van der Waals surface area contributed by atoms with E-state index in [0.29, 0.717) is 10.7 Å². The van der Waals surface area contributed by atoms with E-state index < -0.39 is 23.0 Å². The molecular formula is C20H13Cl2FN4O3. The molecule has 30 heavy (non-hydrogen) atoms. The van der Waals surface area contributed by atoms with E-state index in [1.54, 1.807) is 13.1 Å². The van der Waals surface area contributed by atoms with Crippen LogP contribution in [-0.4, -0.2) is 20.0 Å². The highest BCUT2D eigenvalue weighted by Gasteiger charge is 2.20. The van der Waals surface area contributed by atoms with E-state index in [1.165, 1.54) is 35.0 Å². The third-order valence-corrected chi connectivity index (χ3v) is 5.27. The lowest BCUT2D eigenvalue weighted by atomic mass is 10.2. The molecule has 0 aliphatic heterocycles. The molecule has 0 saturated carbocycles. The van der Waals surface area contributed by atoms with Crippen molar-refractivity contribution in [3.05, 3.63) is 90.9 Å². The van der Waals surface area contributed by atoms with E-state index in [1.807, 2.05) is 0 Å². The molecule has 0 bridgehead atoms. The molecule has 0 aliphatic carbocycles. The van der Waals surface area contributed by atoms with Crippen LogP contribution in [0.3, 0.4) is 0 Å². The lowest BCUT2D eigenvalue weighted by molar-refractivity contribution is 0.102. The number of nitrogens with one attached hydrogen (secondary N) is 2. The highest BCUT2D eigenvalue weighted by molar-refractivity contribution is 6.42. The van der Waals surface area contributed by atoms with Gasteiger partial charge in [0.1, 0.15) is 11.3 Å². The molecule has 0 fully saturated rings. The van der Waals surface area contributed by atoms with Crippen LogP contribution in [0.2, 0.25) is 10.0 Å². The molecule has 0 atom stereocenters. The maximum Gasteiger partial charge on any atom is 0.333 e. The molecule has 152 valence electrons. The van der Waals surface area contributed by atoms with Crippen molar-refractivity contribution < 1.29 is 9.18 Å². The van der Waals surface area contributed by atoms with E-state index in [-0.39, 0.29) is 27.3 Å². The zero-order valence-corrected chi connectivity index (χ0v) is 16.9. The number of aromatic amines is 1. The Morgan fingerprint density at radius 2 is 1.77 bits per heavy atom. The first-order valence-electron chi connectivity index (χ1n) is 8.63. The number of aromatic nitrogens is 3. The van der Waals surface area contributed by atoms with Crippen molar-refractivity contribution in [2.45, 2.75) is 0 Å². The van der Waals surface area contributed by atoms with Gasteiger partial charge in [-0.2, -0.15) is 0 Å². The van der Waals surface area contributed by atoms with Crippen LogP contribution in [-0.2, 0) is 7.05 Å². The molecule has 1 amide bonds. The first kappa shape index (κ1) is 19.9. The van der Waals surface area contributed by atoms with Gasteiger partial charge >= 0.3 is 5.69 Å². The van der Waals surface area contributed by atoms with Gasteiger partial charge in [0.15, 0.2) is 0 Å². The zero-order chi connectivity index (χ0) is 21.6. The molecule has 10 heteroatoms. The Hall–Kier alpha value is -3.36. The van der Waals surface area contributed by atoms with Gasteiger partial charge in [0.25, 0.3) is 11.5 Å². The standard InChI is InChI=1S/C20H13Cl2FN4O3/c1-26-9-13(18(28)24-11-4-7-14(21)15(22)8-11)16-17(26)19(29)27(20(30)25-16)12-5-2-10(23)3-6-12/h2-9H,1H3,(H,24,28)(H,25,30). The van der Waals surface area contributed by atoms with Crippen molar-refractivity contribution >= 4 is 45.8 Å². The van der Waals surface area contributed by atoms with Crippen LogP contribution in [0.1, 0.15) is 10.4 Å². The van der Waals surface area contributed by atoms with Crippen molar-refractivity contribution in [3.8, 4) is 5.69 Å². The van der Waals surface area contributed by atoms with Gasteiger partial charge in [0.05, 0.1) is 26.8 Å². The molecule has 2 heterocycles. The minimum Gasteiger partial charge on any atom is -0.344 e. The minimum atomic E-state index is -0.756. The number of hydrogen-bond acceptors (Lipinski definition) is 3. The fourth-order valence-electron chi connectivity index (χ4n) is 3.14. The van der Waals surface area contributed by atoms with Gasteiger partial charge < -0.3 is 14.9 Å². The summed E-state index contributed by atoms with van der Waals surface area (Å²) in [6.07, 6.45) is 1.43. The Kier molecular flexibility index (Phi) is 4.97. The first-order chi connectivity index (χ1) is 14.3. The first-order valence-corrected chi connectivity index (χ1v) is 9.38. The third kappa shape index (κ3) is 3.40. The Labute approximate surface area is 178 Å². The Morgan fingerprint density at radius 1 is 1.07 bits per heavy atom. The number of amides is 1. The van der Waals surface area contributed by atoms with Crippen LogP contribution in [0.15, 0.2) is 58.3 Å². The minimum absolute atomic E-state index is 0.0865. The molecule has 0 aliphatic rings. The van der Waals surface area contributed by atoms with E-state index in [9.17, 15) is 18.8 Å². The molecule has 4 rings (SSSR count). The van der Waals surface area contributed by atoms with Gasteiger partial charge in [-0.1, -0.05) is 23.2 Å². The molecule has 2 N–H and O–H groups in total. The second-order valence-electron chi connectivity index (χ2n) is 6.51. The predicted molar refractivity (Wildman–Crippen MR) is 114 cm³/mol. The van der Waals surface area contributed by atoms with E-state index >= 15 is 0 Å². The Bertz CT molecular complexity index is 1420. The molecule has 7 nitrogen and oxygen atoms in total. The normalized spacial score (nSPS) is 11.1. The second-order valence-corrected chi connectivity index (χ2v) is 7.32. The topological polar surface area (TPSA) is 88.9 Å². The SMILES string of the molecule is Cn1cc(C(=O)Nc2ccc(Cl)c(Cl)c2)c2[nH]c(=O)n(-c3ccc(F)cc3)c(=O)c21. The third-order valence-electron chi connectivity index (χ3n) is 4.53. The molecular weight excluding hydrogens is 434 g/mol. The summed E-state index contributed by atoms with van der Waals surface area (Å²) in [6, 6.07) is 9.51. The van der Waals surface area contributed by atoms with Crippen LogP contribution < -0.4 is 16.6 Å². The summed E-state index contributed by atoms with van der Waals surface area (Å²) in [6.45, 7) is 0. The van der Waals surface area contributed by atoms with E-state index in [2.05, 4.69) is 10.3 Å². The summed E-state index contributed by atoms with van der Waals surface area (Å²) in [4.78, 5) is 41.0. The molecule has 0 saturated heterocycles. The average Bonchev–Trinajstić information content (AvgIpc) is 3.02. The Balaban J connectivity index is 1.82. The summed E-state index contributed by atoms with van der Waals surface area (Å²) >= 11 is 11.8. The number of rotatable bonds is 3. The van der Waals surface area contributed by atoms with Crippen LogP contribution in [0.4, 0.5) is 10.1 Å². The number of aryl methyl sites for hydroxylation is 1. The summed E-state index contributed by atoms with van der Waals surface area (Å²) in [5.41, 5.74) is -0.507. The quantitative estimate of drug-likeness (QED) is 0.502. The van der Waals surface area contributed by atoms with Gasteiger partial charge in [-0.05, 0) is 42.5 Å². The van der Waals surface area contributed by atoms with E-state index in [4.69, 9.17) is 23.2 Å². The second kappa shape index (κ2) is 7.47. The number of fused-ring (bicyclic) bond motifs is 1. The lowest BCUT2D eigenvalue weighted by Crippen LogP contribution is -2.34. The van der Waals surface area contributed by atoms with Crippen molar-refractivity contribution in [2.75, 3.05) is 5.32 Å². The molecule has 0 unspecified atom stereocenters. The number of halogens is 3. The summed E-state index contributed by atoms with van der Waals surface area (Å²) < 4.78 is 15.5. The number of carbonyl (C=O) groups is 1. The van der Waals surface area contributed by atoms with Crippen molar-refractivity contribution in [1.82, 2.24) is 14.1 Å². The van der Waals surface area contributed by atoms with Gasteiger partial charge in [-0.15, -0.1) is 0 Å². The number of benzene rings is 2. The van der Waals surface area contributed by atoms with Crippen LogP contribution >= 0.6 is 23.2 Å². The summed E-state index contributed by atoms with van der Waals surface area (Å²) in [5.74, 6) is -1.04. The predicted octanol–water partition coefficient (Wildman–Crippen LogP) is 3.72. The number of H-pyrrole nitrogens is 1. The fraction of sp³-hybridized carbons (Fsp3) is 0.0500. The molecule has 2 aromatic heterocycles. The largest absolute Gasteiger partial charge is 0.344 e. The van der Waals surface area contributed by atoms with Crippen LogP contribution in [0, 0.1) is 5.82 Å². The van der Waals surface area contributed by atoms with Gasteiger partial charge in [0.2, 0.25) is 0 Å². The summed E-state index contributed by atoms with van der Waals surface area (Å²) in [5, 5.41) is 3.26. The summed E-state index contributed by atoms with van der Waals surface area (Å²) in [7, 11) is 1.58. The van der Waals surface area contributed by atoms with Gasteiger partial charge in [-0.3, -0.25) is 9.59 Å². The van der Waals surface area contributed by atoms with Crippen LogP contribution in [0.25, 0.3) is 16.7 Å². The van der Waals surface area contributed by atoms with Crippen molar-refractivity contribution in [1.29, 1.82) is 0 Å². The monoisotopic (exact) mass is 446 g/mol. The Morgan fingerprint density at radius 3 is 2.43 bits per heavy atom. The number of anilines is 1. The van der Waals surface area contributed by atoms with Crippen molar-refractivity contribution in [2.24, 2.45) is 7.05 Å². The van der Waals surface area contributed by atoms with Gasteiger partial charge in [0, 0.05) is 18.9 Å². The maximum absolute atomic E-state index is 13.2. The highest BCUT2D eigenvalue weighted by Crippen LogP contribution is 2.26.